The number of benzene rings is 1. The third kappa shape index (κ3) is 3.61. The molecule has 0 aliphatic heterocycles. The van der Waals surface area contributed by atoms with Crippen LogP contribution in [0.1, 0.15) is 6.92 Å². The van der Waals surface area contributed by atoms with Crippen molar-refractivity contribution in [1.82, 2.24) is 4.90 Å². The topological polar surface area (TPSA) is 32.3 Å². The Bertz CT molecular complexity index is 348. The van der Waals surface area contributed by atoms with Crippen molar-refractivity contribution in [2.45, 2.75) is 6.92 Å². The normalized spacial score (nSPS) is 9.87. The molecule has 0 fully saturated rings. The van der Waals surface area contributed by atoms with Crippen LogP contribution >= 0.6 is 23.2 Å². The molecule has 0 bridgehead atoms. The molecule has 1 aromatic carbocycles. The fourth-order valence-electron chi connectivity index (χ4n) is 0.989. The highest BCUT2D eigenvalue weighted by atomic mass is 35.5. The van der Waals surface area contributed by atoms with Crippen molar-refractivity contribution >= 4 is 34.9 Å². The summed E-state index contributed by atoms with van der Waals surface area (Å²) in [5, 5.41) is 3.69. The number of amides is 2. The van der Waals surface area contributed by atoms with Crippen LogP contribution in [0, 0.1) is 0 Å². The van der Waals surface area contributed by atoms with Crippen LogP contribution in [-0.4, -0.2) is 24.5 Å². The Labute approximate surface area is 99.0 Å². The van der Waals surface area contributed by atoms with E-state index in [0.29, 0.717) is 22.3 Å². The minimum absolute atomic E-state index is 0.184. The van der Waals surface area contributed by atoms with Gasteiger partial charge in [-0.3, -0.25) is 0 Å². The van der Waals surface area contributed by atoms with Crippen molar-refractivity contribution in [2.24, 2.45) is 0 Å². The molecule has 0 aromatic heterocycles. The van der Waals surface area contributed by atoms with E-state index in [1.165, 1.54) is 0 Å². The lowest BCUT2D eigenvalue weighted by atomic mass is 10.3. The second-order valence-electron chi connectivity index (χ2n) is 3.10. The summed E-state index contributed by atoms with van der Waals surface area (Å²) in [5.41, 5.74) is 0.595. The zero-order chi connectivity index (χ0) is 11.4. The molecule has 0 aliphatic carbocycles. The quantitative estimate of drug-likeness (QED) is 0.852. The molecule has 0 unspecified atom stereocenters. The van der Waals surface area contributed by atoms with Crippen molar-refractivity contribution in [3.05, 3.63) is 28.2 Å². The van der Waals surface area contributed by atoms with Crippen molar-refractivity contribution in [3.63, 3.8) is 0 Å². The molecule has 1 rings (SSSR count). The molecule has 0 atom stereocenters. The van der Waals surface area contributed by atoms with E-state index in [9.17, 15) is 4.79 Å². The summed E-state index contributed by atoms with van der Waals surface area (Å²) in [5.74, 6) is 0. The molecule has 3 nitrogen and oxygen atoms in total. The number of rotatable bonds is 2. The van der Waals surface area contributed by atoms with E-state index in [4.69, 9.17) is 23.2 Å². The van der Waals surface area contributed by atoms with Gasteiger partial charge in [0.2, 0.25) is 0 Å². The molecule has 1 aromatic rings. The first-order chi connectivity index (χ1) is 7.02. The second kappa shape index (κ2) is 5.24. The summed E-state index contributed by atoms with van der Waals surface area (Å²) < 4.78 is 0. The fraction of sp³-hybridized carbons (Fsp3) is 0.300. The third-order valence-corrected chi connectivity index (χ3v) is 2.37. The highest BCUT2D eigenvalue weighted by Crippen LogP contribution is 2.22. The van der Waals surface area contributed by atoms with Gasteiger partial charge in [0.1, 0.15) is 0 Å². The first-order valence-corrected chi connectivity index (χ1v) is 5.26. The minimum atomic E-state index is -0.184. The molecule has 82 valence electrons. The van der Waals surface area contributed by atoms with E-state index in [1.54, 1.807) is 30.1 Å². The number of carbonyl (C=O) groups excluding carboxylic acids is 1. The molecule has 0 spiro atoms. The number of hydrogen-bond acceptors (Lipinski definition) is 1. The predicted molar refractivity (Wildman–Crippen MR) is 63.8 cm³/mol. The molecule has 0 aliphatic rings. The van der Waals surface area contributed by atoms with Crippen LogP contribution in [0.3, 0.4) is 0 Å². The van der Waals surface area contributed by atoms with Gasteiger partial charge in [0.05, 0.1) is 0 Å². The summed E-state index contributed by atoms with van der Waals surface area (Å²) in [7, 11) is 1.71. The average molecular weight is 247 g/mol. The van der Waals surface area contributed by atoms with Gasteiger partial charge in [-0.05, 0) is 25.1 Å². The van der Waals surface area contributed by atoms with Crippen LogP contribution in [0.15, 0.2) is 18.2 Å². The first-order valence-electron chi connectivity index (χ1n) is 4.51. The Hall–Kier alpha value is -0.930. The smallest absolute Gasteiger partial charge is 0.321 e. The summed E-state index contributed by atoms with van der Waals surface area (Å²) in [4.78, 5) is 13.0. The molecule has 0 saturated carbocycles. The molecule has 2 amide bonds. The monoisotopic (exact) mass is 246 g/mol. The maximum atomic E-state index is 11.5. The van der Waals surface area contributed by atoms with Crippen LogP contribution in [0.25, 0.3) is 0 Å². The van der Waals surface area contributed by atoms with Gasteiger partial charge < -0.3 is 10.2 Å². The Kier molecular flexibility index (Phi) is 4.24. The van der Waals surface area contributed by atoms with Crippen LogP contribution in [0.4, 0.5) is 10.5 Å². The summed E-state index contributed by atoms with van der Waals surface area (Å²) >= 11 is 11.6. The zero-order valence-corrected chi connectivity index (χ0v) is 10.1. The lowest BCUT2D eigenvalue weighted by Crippen LogP contribution is -2.30. The highest BCUT2D eigenvalue weighted by molar-refractivity contribution is 6.35. The SMILES string of the molecule is CCN(C)C(=O)Nc1cc(Cl)cc(Cl)c1. The lowest BCUT2D eigenvalue weighted by Gasteiger charge is -2.15. The Morgan fingerprint density at radius 3 is 2.33 bits per heavy atom. The standard InChI is InChI=1S/C10H12Cl2N2O/c1-3-14(2)10(15)13-9-5-7(11)4-8(12)6-9/h4-6H,3H2,1-2H3,(H,13,15). The van der Waals surface area contributed by atoms with E-state index >= 15 is 0 Å². The fourth-order valence-corrected chi connectivity index (χ4v) is 1.51. The van der Waals surface area contributed by atoms with Crippen molar-refractivity contribution in [3.8, 4) is 0 Å². The van der Waals surface area contributed by atoms with Crippen LogP contribution in [-0.2, 0) is 0 Å². The molecular formula is C10H12Cl2N2O. The van der Waals surface area contributed by atoms with Crippen molar-refractivity contribution < 1.29 is 4.79 Å². The van der Waals surface area contributed by atoms with Gasteiger partial charge in [-0.2, -0.15) is 0 Å². The summed E-state index contributed by atoms with van der Waals surface area (Å²) in [6, 6.07) is 4.72. The van der Waals surface area contributed by atoms with E-state index in [0.717, 1.165) is 0 Å². The van der Waals surface area contributed by atoms with Gasteiger partial charge in [0.15, 0.2) is 0 Å². The lowest BCUT2D eigenvalue weighted by molar-refractivity contribution is 0.224. The molecular weight excluding hydrogens is 235 g/mol. The second-order valence-corrected chi connectivity index (χ2v) is 3.98. The van der Waals surface area contributed by atoms with E-state index in [1.807, 2.05) is 6.92 Å². The maximum Gasteiger partial charge on any atom is 0.321 e. The van der Waals surface area contributed by atoms with Gasteiger partial charge in [0.25, 0.3) is 0 Å². The number of halogens is 2. The van der Waals surface area contributed by atoms with Gasteiger partial charge >= 0.3 is 6.03 Å². The van der Waals surface area contributed by atoms with Gasteiger partial charge in [0, 0.05) is 29.3 Å². The summed E-state index contributed by atoms with van der Waals surface area (Å²) in [6.45, 7) is 2.53. The van der Waals surface area contributed by atoms with Gasteiger partial charge in [-0.15, -0.1) is 0 Å². The number of urea groups is 1. The molecule has 5 heteroatoms. The Morgan fingerprint density at radius 2 is 1.87 bits per heavy atom. The number of nitrogens with one attached hydrogen (secondary N) is 1. The number of anilines is 1. The van der Waals surface area contributed by atoms with Gasteiger partial charge in [-0.25, -0.2) is 4.79 Å². The van der Waals surface area contributed by atoms with Crippen LogP contribution in [0.5, 0.6) is 0 Å². The maximum absolute atomic E-state index is 11.5. The van der Waals surface area contributed by atoms with Crippen molar-refractivity contribution in [2.75, 3.05) is 18.9 Å². The van der Waals surface area contributed by atoms with Crippen LogP contribution in [0.2, 0.25) is 10.0 Å². The molecule has 1 N–H and O–H groups in total. The Morgan fingerprint density at radius 1 is 1.33 bits per heavy atom. The summed E-state index contributed by atoms with van der Waals surface area (Å²) in [6.07, 6.45) is 0. The molecule has 0 heterocycles. The zero-order valence-electron chi connectivity index (χ0n) is 8.55. The van der Waals surface area contributed by atoms with Gasteiger partial charge in [-0.1, -0.05) is 23.2 Å². The molecule has 15 heavy (non-hydrogen) atoms. The van der Waals surface area contributed by atoms with Crippen LogP contribution < -0.4 is 5.32 Å². The predicted octanol–water partition coefficient (Wildman–Crippen LogP) is 3.48. The number of carbonyl (C=O) groups is 1. The minimum Gasteiger partial charge on any atom is -0.328 e. The largest absolute Gasteiger partial charge is 0.328 e. The Balaban J connectivity index is 2.76. The first kappa shape index (κ1) is 12.1. The number of nitrogens with zero attached hydrogens (tertiary/aromatic N) is 1. The molecule has 0 saturated heterocycles. The average Bonchev–Trinajstić information content (AvgIpc) is 2.14. The van der Waals surface area contributed by atoms with E-state index in [-0.39, 0.29) is 6.03 Å². The van der Waals surface area contributed by atoms with E-state index in [2.05, 4.69) is 5.32 Å². The number of hydrogen-bond donors (Lipinski definition) is 1. The highest BCUT2D eigenvalue weighted by Gasteiger charge is 2.07. The molecule has 0 radical (unpaired) electrons. The van der Waals surface area contributed by atoms with Crippen molar-refractivity contribution in [1.29, 1.82) is 0 Å². The van der Waals surface area contributed by atoms with E-state index < -0.39 is 0 Å². The third-order valence-electron chi connectivity index (χ3n) is 1.93.